The van der Waals surface area contributed by atoms with E-state index in [1.807, 2.05) is 0 Å². The van der Waals surface area contributed by atoms with Crippen LogP contribution >= 0.6 is 0 Å². The maximum Gasteiger partial charge on any atom is 0.376 e. The smallest absolute Gasteiger partial charge is 0.376 e. The zero-order chi connectivity index (χ0) is 12.3. The molecule has 0 aliphatic rings. The highest BCUT2D eigenvalue weighted by atomic mass is 16.5. The third-order valence-electron chi connectivity index (χ3n) is 1.85. The van der Waals surface area contributed by atoms with Gasteiger partial charge in [0.05, 0.1) is 12.9 Å². The molecule has 0 aliphatic carbocycles. The molecule has 0 bridgehead atoms. The van der Waals surface area contributed by atoms with E-state index in [9.17, 15) is 4.79 Å². The topological polar surface area (TPSA) is 104 Å². The predicted octanol–water partition coefficient (Wildman–Crippen LogP) is 0.891. The molecule has 0 aromatic carbocycles. The maximum atomic E-state index is 11.5. The van der Waals surface area contributed by atoms with Crippen molar-refractivity contribution in [2.45, 2.75) is 6.92 Å². The first kappa shape index (κ1) is 11.1. The summed E-state index contributed by atoms with van der Waals surface area (Å²) in [7, 11) is 0. The first-order valence-corrected chi connectivity index (χ1v) is 4.93. The Balaban J connectivity index is 2.39. The van der Waals surface area contributed by atoms with Crippen molar-refractivity contribution in [2.75, 3.05) is 12.3 Å². The second-order valence-corrected chi connectivity index (χ2v) is 3.04. The molecule has 2 heterocycles. The van der Waals surface area contributed by atoms with Crippen molar-refractivity contribution < 1.29 is 13.9 Å². The summed E-state index contributed by atoms with van der Waals surface area (Å²) in [6.45, 7) is 1.93. The van der Waals surface area contributed by atoms with Gasteiger partial charge in [-0.3, -0.25) is 0 Å². The number of nitrogens with two attached hydrogens (primary N) is 1. The van der Waals surface area contributed by atoms with Gasteiger partial charge in [0.15, 0.2) is 5.76 Å². The number of ether oxygens (including phenoxy) is 1. The van der Waals surface area contributed by atoms with Crippen LogP contribution < -0.4 is 5.73 Å². The van der Waals surface area contributed by atoms with Crippen molar-refractivity contribution in [3.05, 3.63) is 24.2 Å². The Morgan fingerprint density at radius 2 is 2.29 bits per heavy atom. The third-order valence-corrected chi connectivity index (χ3v) is 1.85. The van der Waals surface area contributed by atoms with Crippen molar-refractivity contribution in [3.8, 4) is 11.6 Å². The summed E-state index contributed by atoms with van der Waals surface area (Å²) in [5.74, 6) is -0.232. The van der Waals surface area contributed by atoms with Crippen LogP contribution in [0.2, 0.25) is 0 Å². The van der Waals surface area contributed by atoms with Gasteiger partial charge in [-0.1, -0.05) is 0 Å². The van der Waals surface area contributed by atoms with Gasteiger partial charge in [0, 0.05) is 0 Å². The van der Waals surface area contributed by atoms with Crippen molar-refractivity contribution in [2.24, 2.45) is 0 Å². The van der Waals surface area contributed by atoms with E-state index in [0.29, 0.717) is 5.76 Å². The molecule has 0 spiro atoms. The number of nitrogen functional groups attached to an aromatic ring is 1. The minimum Gasteiger partial charge on any atom is -0.461 e. The molecule has 0 amide bonds. The van der Waals surface area contributed by atoms with Gasteiger partial charge in [-0.25, -0.2) is 4.79 Å². The van der Waals surface area contributed by atoms with Crippen LogP contribution in [0.25, 0.3) is 11.6 Å². The van der Waals surface area contributed by atoms with Crippen LogP contribution in [0.4, 0.5) is 5.95 Å². The van der Waals surface area contributed by atoms with Crippen LogP contribution in [0.15, 0.2) is 22.8 Å². The van der Waals surface area contributed by atoms with E-state index >= 15 is 0 Å². The molecule has 2 aromatic heterocycles. The lowest BCUT2D eigenvalue weighted by Crippen LogP contribution is -2.13. The Bertz CT molecular complexity index is 524. The van der Waals surface area contributed by atoms with Crippen LogP contribution in [0.5, 0.6) is 0 Å². The van der Waals surface area contributed by atoms with Gasteiger partial charge in [0.1, 0.15) is 0 Å². The predicted molar refractivity (Wildman–Crippen MR) is 57.9 cm³/mol. The Labute approximate surface area is 96.7 Å². The molecule has 0 aliphatic heterocycles. The summed E-state index contributed by atoms with van der Waals surface area (Å²) in [5, 5.41) is 0. The monoisotopic (exact) mass is 234 g/mol. The van der Waals surface area contributed by atoms with Gasteiger partial charge < -0.3 is 14.9 Å². The molecule has 2 rings (SSSR count). The second kappa shape index (κ2) is 4.60. The van der Waals surface area contributed by atoms with Crippen molar-refractivity contribution in [3.63, 3.8) is 0 Å². The van der Waals surface area contributed by atoms with Crippen LogP contribution in [-0.2, 0) is 4.74 Å². The molecule has 0 saturated carbocycles. The second-order valence-electron chi connectivity index (χ2n) is 3.04. The van der Waals surface area contributed by atoms with E-state index in [1.165, 1.54) is 6.26 Å². The number of esters is 1. The number of hydrogen-bond acceptors (Lipinski definition) is 7. The number of hydrogen-bond donors (Lipinski definition) is 1. The zero-order valence-corrected chi connectivity index (χ0v) is 9.08. The summed E-state index contributed by atoms with van der Waals surface area (Å²) in [6.07, 6.45) is 1.47. The fraction of sp³-hybridized carbons (Fsp3) is 0.200. The summed E-state index contributed by atoms with van der Waals surface area (Å²) in [5.41, 5.74) is 5.49. The third kappa shape index (κ3) is 2.39. The summed E-state index contributed by atoms with van der Waals surface area (Å²) in [6, 6.07) is 3.34. The zero-order valence-electron chi connectivity index (χ0n) is 9.08. The highest BCUT2D eigenvalue weighted by Gasteiger charge is 2.15. The van der Waals surface area contributed by atoms with Gasteiger partial charge in [-0.05, 0) is 19.1 Å². The van der Waals surface area contributed by atoms with E-state index in [4.69, 9.17) is 14.9 Å². The molecule has 0 radical (unpaired) electrons. The van der Waals surface area contributed by atoms with E-state index < -0.39 is 5.97 Å². The van der Waals surface area contributed by atoms with Gasteiger partial charge in [-0.15, -0.1) is 0 Å². The minimum atomic E-state index is -0.644. The number of aromatic nitrogens is 3. The molecule has 0 atom stereocenters. The summed E-state index contributed by atoms with van der Waals surface area (Å²) < 4.78 is 9.89. The molecule has 2 aromatic rings. The molecule has 2 N–H and O–H groups in total. The van der Waals surface area contributed by atoms with Crippen LogP contribution in [0.3, 0.4) is 0 Å². The first-order valence-electron chi connectivity index (χ1n) is 4.93. The maximum absolute atomic E-state index is 11.5. The van der Waals surface area contributed by atoms with Crippen molar-refractivity contribution in [1.82, 2.24) is 15.0 Å². The molecule has 0 unspecified atom stereocenters. The average molecular weight is 234 g/mol. The van der Waals surface area contributed by atoms with Gasteiger partial charge >= 0.3 is 5.97 Å². The van der Waals surface area contributed by atoms with E-state index in [-0.39, 0.29) is 24.2 Å². The van der Waals surface area contributed by atoms with E-state index in [0.717, 1.165) is 0 Å². The minimum absolute atomic E-state index is 0.0607. The highest BCUT2D eigenvalue weighted by Crippen LogP contribution is 2.15. The molecule has 17 heavy (non-hydrogen) atoms. The van der Waals surface area contributed by atoms with Crippen molar-refractivity contribution >= 4 is 11.9 Å². The number of rotatable bonds is 3. The number of carbonyl (C=O) groups is 1. The lowest BCUT2D eigenvalue weighted by molar-refractivity contribution is 0.0512. The first-order chi connectivity index (χ1) is 8.20. The molecule has 7 nitrogen and oxygen atoms in total. The van der Waals surface area contributed by atoms with E-state index in [1.54, 1.807) is 19.1 Å². The molecular weight excluding hydrogens is 224 g/mol. The van der Waals surface area contributed by atoms with E-state index in [2.05, 4.69) is 15.0 Å². The number of furan rings is 1. The SMILES string of the molecule is CCOC(=O)c1nc(N)nc(-c2ccco2)n1. The molecular formula is C10H10N4O3. The average Bonchev–Trinajstić information content (AvgIpc) is 2.82. The van der Waals surface area contributed by atoms with Gasteiger partial charge in [0.2, 0.25) is 17.6 Å². The fourth-order valence-electron chi connectivity index (χ4n) is 1.20. The number of nitrogens with zero attached hydrogens (tertiary/aromatic N) is 3. The highest BCUT2D eigenvalue weighted by molar-refractivity contribution is 5.85. The standard InChI is InChI=1S/C10H10N4O3/c1-2-16-9(15)8-12-7(13-10(11)14-8)6-4-3-5-17-6/h3-5H,2H2,1H3,(H2,11,12,13,14). The van der Waals surface area contributed by atoms with Crippen LogP contribution in [0, 0.1) is 0 Å². The molecule has 88 valence electrons. The Morgan fingerprint density at radius 3 is 2.94 bits per heavy atom. The normalized spacial score (nSPS) is 10.2. The molecule has 7 heteroatoms. The Morgan fingerprint density at radius 1 is 1.47 bits per heavy atom. The number of carbonyl (C=O) groups excluding carboxylic acids is 1. The largest absolute Gasteiger partial charge is 0.461 e. The van der Waals surface area contributed by atoms with Crippen LogP contribution in [0.1, 0.15) is 17.5 Å². The fourth-order valence-corrected chi connectivity index (χ4v) is 1.20. The van der Waals surface area contributed by atoms with Gasteiger partial charge in [0.25, 0.3) is 0 Å². The lowest BCUT2D eigenvalue weighted by atomic mass is 10.4. The molecule has 0 saturated heterocycles. The summed E-state index contributed by atoms with van der Waals surface area (Å²) >= 11 is 0. The van der Waals surface area contributed by atoms with Crippen LogP contribution in [-0.4, -0.2) is 27.5 Å². The lowest BCUT2D eigenvalue weighted by Gasteiger charge is -2.02. The van der Waals surface area contributed by atoms with Gasteiger partial charge in [-0.2, -0.15) is 15.0 Å². The Hall–Kier alpha value is -2.44. The number of anilines is 1. The quantitative estimate of drug-likeness (QED) is 0.786. The van der Waals surface area contributed by atoms with Crippen molar-refractivity contribution in [1.29, 1.82) is 0 Å². The molecule has 0 fully saturated rings. The Kier molecular flexibility index (Phi) is 2.99. The summed E-state index contributed by atoms with van der Waals surface area (Å²) in [4.78, 5) is 23.0.